The van der Waals surface area contributed by atoms with Crippen LogP contribution in [-0.4, -0.2) is 34.0 Å². The summed E-state index contributed by atoms with van der Waals surface area (Å²) < 4.78 is 18.4. The molecule has 0 spiro atoms. The van der Waals surface area contributed by atoms with Gasteiger partial charge in [-0.25, -0.2) is 4.39 Å². The van der Waals surface area contributed by atoms with E-state index in [0.717, 1.165) is 44.2 Å². The predicted octanol–water partition coefficient (Wildman–Crippen LogP) is 4.16. The minimum absolute atomic E-state index is 0.0746. The van der Waals surface area contributed by atoms with Gasteiger partial charge in [-0.05, 0) is 43.5 Å². The van der Waals surface area contributed by atoms with Crippen LogP contribution in [0.1, 0.15) is 57.3 Å². The maximum absolute atomic E-state index is 13.0. The molecular weight excluding hydrogens is 321 g/mol. The highest BCUT2D eigenvalue weighted by molar-refractivity contribution is 5.76. The molecule has 1 aromatic heterocycles. The van der Waals surface area contributed by atoms with Gasteiger partial charge in [0.1, 0.15) is 5.82 Å². The zero-order valence-corrected chi connectivity index (χ0v) is 14.6. The first-order valence-electron chi connectivity index (χ1n) is 9.04. The van der Waals surface area contributed by atoms with Gasteiger partial charge in [0.2, 0.25) is 17.6 Å². The van der Waals surface area contributed by atoms with E-state index in [4.69, 9.17) is 4.52 Å². The highest BCUT2D eigenvalue weighted by Gasteiger charge is 2.28. The van der Waals surface area contributed by atoms with Gasteiger partial charge in [-0.3, -0.25) is 4.79 Å². The van der Waals surface area contributed by atoms with Gasteiger partial charge in [0.25, 0.3) is 0 Å². The van der Waals surface area contributed by atoms with Crippen LogP contribution in [-0.2, 0) is 4.79 Å². The number of hydrogen-bond donors (Lipinski definition) is 0. The van der Waals surface area contributed by atoms with Gasteiger partial charge in [-0.2, -0.15) is 4.98 Å². The molecule has 1 fully saturated rings. The maximum Gasteiger partial charge on any atom is 0.231 e. The molecule has 0 radical (unpaired) electrons. The Hall–Kier alpha value is -2.24. The number of amides is 1. The van der Waals surface area contributed by atoms with Gasteiger partial charge < -0.3 is 9.42 Å². The number of benzene rings is 1. The smallest absolute Gasteiger partial charge is 0.231 e. The highest BCUT2D eigenvalue weighted by Crippen LogP contribution is 2.28. The van der Waals surface area contributed by atoms with Crippen molar-refractivity contribution < 1.29 is 13.7 Å². The quantitative estimate of drug-likeness (QED) is 0.738. The third kappa shape index (κ3) is 4.44. The molecule has 5 nitrogen and oxygen atoms in total. The van der Waals surface area contributed by atoms with Gasteiger partial charge in [0.05, 0.1) is 5.92 Å². The Morgan fingerprint density at radius 3 is 2.88 bits per heavy atom. The van der Waals surface area contributed by atoms with Gasteiger partial charge in [-0.15, -0.1) is 0 Å². The van der Waals surface area contributed by atoms with E-state index in [9.17, 15) is 9.18 Å². The lowest BCUT2D eigenvalue weighted by molar-refractivity contribution is -0.132. The monoisotopic (exact) mass is 345 g/mol. The van der Waals surface area contributed by atoms with Crippen molar-refractivity contribution in [3.05, 3.63) is 36.0 Å². The van der Waals surface area contributed by atoms with Crippen LogP contribution < -0.4 is 0 Å². The van der Waals surface area contributed by atoms with Crippen molar-refractivity contribution in [3.63, 3.8) is 0 Å². The molecule has 1 saturated heterocycles. The predicted molar refractivity (Wildman–Crippen MR) is 92.4 cm³/mol. The number of piperidine rings is 1. The molecule has 0 N–H and O–H groups in total. The van der Waals surface area contributed by atoms with E-state index in [2.05, 4.69) is 17.1 Å². The van der Waals surface area contributed by atoms with Crippen LogP contribution in [0.5, 0.6) is 0 Å². The Bertz CT molecular complexity index is 699. The molecule has 0 bridgehead atoms. The Balaban J connectivity index is 1.63. The fourth-order valence-electron chi connectivity index (χ4n) is 3.21. The summed E-state index contributed by atoms with van der Waals surface area (Å²) in [6, 6.07) is 6.02. The number of aromatic nitrogens is 2. The van der Waals surface area contributed by atoms with Crippen molar-refractivity contribution in [3.8, 4) is 11.4 Å². The number of hydrogen-bond acceptors (Lipinski definition) is 4. The number of carbonyl (C=O) groups is 1. The molecule has 1 atom stereocenters. The SMILES string of the molecule is CCCCCC(=O)N1CCC[C@@H](c2nc(-c3ccc(F)cc3)no2)C1. The Kier molecular flexibility index (Phi) is 5.79. The summed E-state index contributed by atoms with van der Waals surface area (Å²) in [5.41, 5.74) is 0.722. The molecule has 25 heavy (non-hydrogen) atoms. The zero-order chi connectivity index (χ0) is 17.6. The first-order valence-corrected chi connectivity index (χ1v) is 9.04. The molecule has 2 heterocycles. The minimum Gasteiger partial charge on any atom is -0.342 e. The van der Waals surface area contributed by atoms with E-state index in [1.54, 1.807) is 12.1 Å². The molecule has 0 unspecified atom stereocenters. The molecule has 0 saturated carbocycles. The van der Waals surface area contributed by atoms with Crippen LogP contribution in [0, 0.1) is 5.82 Å². The molecule has 1 amide bonds. The third-order valence-electron chi connectivity index (χ3n) is 4.66. The largest absolute Gasteiger partial charge is 0.342 e. The van der Waals surface area contributed by atoms with E-state index >= 15 is 0 Å². The Labute approximate surface area is 147 Å². The molecule has 6 heteroatoms. The van der Waals surface area contributed by atoms with Crippen molar-refractivity contribution in [1.82, 2.24) is 15.0 Å². The van der Waals surface area contributed by atoms with Gasteiger partial charge in [-0.1, -0.05) is 24.9 Å². The summed E-state index contributed by atoms with van der Waals surface area (Å²) in [5, 5.41) is 4.01. The average Bonchev–Trinajstić information content (AvgIpc) is 3.13. The first kappa shape index (κ1) is 17.6. The average molecular weight is 345 g/mol. The molecule has 2 aromatic rings. The topological polar surface area (TPSA) is 59.2 Å². The number of carbonyl (C=O) groups excluding carboxylic acids is 1. The second-order valence-corrected chi connectivity index (χ2v) is 6.60. The number of nitrogens with zero attached hydrogens (tertiary/aromatic N) is 3. The van der Waals surface area contributed by atoms with Crippen LogP contribution in [0.4, 0.5) is 4.39 Å². The summed E-state index contributed by atoms with van der Waals surface area (Å²) in [7, 11) is 0. The van der Waals surface area contributed by atoms with Crippen LogP contribution in [0.25, 0.3) is 11.4 Å². The molecule has 134 valence electrons. The second-order valence-electron chi connectivity index (χ2n) is 6.60. The van der Waals surface area contributed by atoms with Crippen molar-refractivity contribution in [2.75, 3.05) is 13.1 Å². The number of unbranched alkanes of at least 4 members (excludes halogenated alkanes) is 2. The van der Waals surface area contributed by atoms with Crippen LogP contribution in [0.2, 0.25) is 0 Å². The Morgan fingerprint density at radius 1 is 1.32 bits per heavy atom. The summed E-state index contributed by atoms with van der Waals surface area (Å²) in [6.45, 7) is 3.58. The molecule has 1 aromatic carbocycles. The first-order chi connectivity index (χ1) is 12.2. The van der Waals surface area contributed by atoms with E-state index in [0.29, 0.717) is 24.7 Å². The fraction of sp³-hybridized carbons (Fsp3) is 0.526. The van der Waals surface area contributed by atoms with Crippen LogP contribution in [0.15, 0.2) is 28.8 Å². The second kappa shape index (κ2) is 8.23. The van der Waals surface area contributed by atoms with E-state index in [1.165, 1.54) is 12.1 Å². The van der Waals surface area contributed by atoms with Crippen molar-refractivity contribution in [2.24, 2.45) is 0 Å². The van der Waals surface area contributed by atoms with Crippen molar-refractivity contribution in [2.45, 2.75) is 51.4 Å². The van der Waals surface area contributed by atoms with Gasteiger partial charge in [0, 0.05) is 25.1 Å². The Morgan fingerprint density at radius 2 is 2.12 bits per heavy atom. The number of rotatable bonds is 6. The van der Waals surface area contributed by atoms with E-state index < -0.39 is 0 Å². The third-order valence-corrected chi connectivity index (χ3v) is 4.66. The van der Waals surface area contributed by atoms with Crippen LogP contribution in [0.3, 0.4) is 0 Å². The lowest BCUT2D eigenvalue weighted by Crippen LogP contribution is -2.39. The molecule has 3 rings (SSSR count). The number of likely N-dealkylation sites (tertiary alicyclic amines) is 1. The van der Waals surface area contributed by atoms with Gasteiger partial charge >= 0.3 is 0 Å². The fourth-order valence-corrected chi connectivity index (χ4v) is 3.21. The highest BCUT2D eigenvalue weighted by atomic mass is 19.1. The normalized spacial score (nSPS) is 17.7. The maximum atomic E-state index is 13.0. The minimum atomic E-state index is -0.294. The summed E-state index contributed by atoms with van der Waals surface area (Å²) in [6.07, 6.45) is 5.65. The molecule has 1 aliphatic heterocycles. The summed E-state index contributed by atoms with van der Waals surface area (Å²) in [4.78, 5) is 18.7. The van der Waals surface area contributed by atoms with Crippen LogP contribution >= 0.6 is 0 Å². The van der Waals surface area contributed by atoms with E-state index in [-0.39, 0.29) is 17.6 Å². The number of halogens is 1. The summed E-state index contributed by atoms with van der Waals surface area (Å²) >= 11 is 0. The lowest BCUT2D eigenvalue weighted by Gasteiger charge is -2.31. The lowest BCUT2D eigenvalue weighted by atomic mass is 9.97. The molecule has 0 aliphatic carbocycles. The van der Waals surface area contributed by atoms with Crippen molar-refractivity contribution >= 4 is 5.91 Å². The standard InChI is InChI=1S/C19H24FN3O2/c1-2-3-4-7-17(24)23-12-5-6-15(13-23)19-21-18(22-25-19)14-8-10-16(20)11-9-14/h8-11,15H,2-7,12-13H2,1H3/t15-/m1/s1. The molecular formula is C19H24FN3O2. The van der Waals surface area contributed by atoms with Crippen molar-refractivity contribution in [1.29, 1.82) is 0 Å². The zero-order valence-electron chi connectivity index (χ0n) is 14.6. The summed E-state index contributed by atoms with van der Waals surface area (Å²) in [5.74, 6) is 1.02. The van der Waals surface area contributed by atoms with E-state index in [1.807, 2.05) is 4.90 Å². The van der Waals surface area contributed by atoms with Gasteiger partial charge in [0.15, 0.2) is 0 Å². The molecule has 1 aliphatic rings.